The molecule has 130 valence electrons. The first-order chi connectivity index (χ1) is 11.8. The van der Waals surface area contributed by atoms with E-state index in [9.17, 15) is 13.2 Å². The number of carbonyl (C=O) groups is 1. The van der Waals surface area contributed by atoms with Crippen LogP contribution in [0.2, 0.25) is 0 Å². The van der Waals surface area contributed by atoms with Gasteiger partial charge in [0.1, 0.15) is 0 Å². The molecule has 2 aromatic carbocycles. The van der Waals surface area contributed by atoms with Crippen LogP contribution in [0.4, 0.5) is 0 Å². The quantitative estimate of drug-likeness (QED) is 0.824. The zero-order chi connectivity index (χ0) is 18.6. The maximum atomic E-state index is 12.8. The molecule has 1 amide bonds. The van der Waals surface area contributed by atoms with Gasteiger partial charge in [0.25, 0.3) is 5.91 Å². The molecule has 2 aromatic rings. The molecular formula is C19H20N2O3S. The summed E-state index contributed by atoms with van der Waals surface area (Å²) >= 11 is 0. The summed E-state index contributed by atoms with van der Waals surface area (Å²) in [6.07, 6.45) is 1.13. The maximum absolute atomic E-state index is 12.8. The summed E-state index contributed by atoms with van der Waals surface area (Å²) in [5, 5.41) is 8.88. The lowest BCUT2D eigenvalue weighted by atomic mass is 10.0. The van der Waals surface area contributed by atoms with Crippen LogP contribution in [-0.4, -0.2) is 32.0 Å². The molecule has 2 rings (SSSR count). The second kappa shape index (κ2) is 7.49. The van der Waals surface area contributed by atoms with Crippen molar-refractivity contribution < 1.29 is 13.2 Å². The lowest BCUT2D eigenvalue weighted by Crippen LogP contribution is -2.33. The van der Waals surface area contributed by atoms with Crippen LogP contribution in [0.15, 0.2) is 53.4 Å². The van der Waals surface area contributed by atoms with Gasteiger partial charge >= 0.3 is 0 Å². The number of benzene rings is 2. The molecule has 0 bridgehead atoms. The first-order valence-corrected chi connectivity index (χ1v) is 9.78. The van der Waals surface area contributed by atoms with E-state index in [2.05, 4.69) is 6.07 Å². The second-order valence-corrected chi connectivity index (χ2v) is 7.81. The van der Waals surface area contributed by atoms with Gasteiger partial charge in [-0.3, -0.25) is 4.79 Å². The van der Waals surface area contributed by atoms with E-state index in [1.54, 1.807) is 17.0 Å². The predicted octanol–water partition coefficient (Wildman–Crippen LogP) is 3.19. The Morgan fingerprint density at radius 3 is 2.12 bits per heavy atom. The topological polar surface area (TPSA) is 78.2 Å². The Hall–Kier alpha value is -2.65. The lowest BCUT2D eigenvalue weighted by Gasteiger charge is -2.28. The van der Waals surface area contributed by atoms with Crippen molar-refractivity contribution in [1.29, 1.82) is 5.26 Å². The Kier molecular flexibility index (Phi) is 5.60. The summed E-state index contributed by atoms with van der Waals surface area (Å²) in [6.45, 7) is 4.32. The van der Waals surface area contributed by atoms with E-state index < -0.39 is 9.84 Å². The smallest absolute Gasteiger partial charge is 0.254 e. The van der Waals surface area contributed by atoms with Crippen LogP contribution in [0.5, 0.6) is 0 Å². The van der Waals surface area contributed by atoms with Crippen molar-refractivity contribution in [2.75, 3.05) is 12.8 Å². The fourth-order valence-electron chi connectivity index (χ4n) is 2.62. The van der Waals surface area contributed by atoms with Gasteiger partial charge in [-0.1, -0.05) is 12.1 Å². The van der Waals surface area contributed by atoms with Crippen molar-refractivity contribution in [3.63, 3.8) is 0 Å². The highest BCUT2D eigenvalue weighted by molar-refractivity contribution is 7.90. The highest BCUT2D eigenvalue weighted by Crippen LogP contribution is 2.23. The van der Waals surface area contributed by atoms with E-state index in [1.807, 2.05) is 26.0 Å². The van der Waals surface area contributed by atoms with Crippen molar-refractivity contribution in [1.82, 2.24) is 4.90 Å². The van der Waals surface area contributed by atoms with Crippen molar-refractivity contribution >= 4 is 15.7 Å². The summed E-state index contributed by atoms with van der Waals surface area (Å²) < 4.78 is 23.1. The van der Waals surface area contributed by atoms with Crippen LogP contribution < -0.4 is 0 Å². The minimum atomic E-state index is -3.29. The molecule has 0 heterocycles. The van der Waals surface area contributed by atoms with E-state index in [-0.39, 0.29) is 16.8 Å². The molecule has 1 unspecified atom stereocenters. The molecule has 0 saturated heterocycles. The molecule has 0 aliphatic carbocycles. The summed E-state index contributed by atoms with van der Waals surface area (Å²) in [4.78, 5) is 14.7. The highest BCUT2D eigenvalue weighted by Gasteiger charge is 2.21. The standard InChI is InChI=1S/C19H20N2O3S/c1-4-21(14(2)16-7-5-15(13-20)6-8-16)19(22)17-9-11-18(12-10-17)25(3,23)24/h5-12,14H,4H2,1-3H3. The van der Waals surface area contributed by atoms with E-state index in [0.717, 1.165) is 11.8 Å². The molecule has 0 N–H and O–H groups in total. The number of nitriles is 1. The normalized spacial score (nSPS) is 12.2. The van der Waals surface area contributed by atoms with Crippen molar-refractivity contribution in [2.45, 2.75) is 24.8 Å². The Balaban J connectivity index is 2.26. The number of carbonyl (C=O) groups excluding carboxylic acids is 1. The second-order valence-electron chi connectivity index (χ2n) is 5.80. The Bertz CT molecular complexity index is 895. The SMILES string of the molecule is CCN(C(=O)c1ccc(S(C)(=O)=O)cc1)C(C)c1ccc(C#N)cc1. The van der Waals surface area contributed by atoms with Gasteiger partial charge in [-0.2, -0.15) is 5.26 Å². The third kappa shape index (κ3) is 4.25. The molecule has 1 atom stereocenters. The summed E-state index contributed by atoms with van der Waals surface area (Å²) in [5.74, 6) is -0.167. The molecule has 0 aromatic heterocycles. The van der Waals surface area contributed by atoms with Crippen LogP contribution in [0.3, 0.4) is 0 Å². The fraction of sp³-hybridized carbons (Fsp3) is 0.263. The summed E-state index contributed by atoms with van der Waals surface area (Å²) in [7, 11) is -3.29. The number of amides is 1. The molecule has 0 aliphatic heterocycles. The van der Waals surface area contributed by atoms with E-state index in [4.69, 9.17) is 5.26 Å². The van der Waals surface area contributed by atoms with Crippen LogP contribution in [0.1, 0.15) is 41.4 Å². The van der Waals surface area contributed by atoms with Crippen LogP contribution >= 0.6 is 0 Å². The van der Waals surface area contributed by atoms with Crippen LogP contribution in [0.25, 0.3) is 0 Å². The fourth-order valence-corrected chi connectivity index (χ4v) is 3.25. The Labute approximate surface area is 148 Å². The minimum absolute atomic E-state index is 0.167. The Morgan fingerprint density at radius 1 is 1.12 bits per heavy atom. The lowest BCUT2D eigenvalue weighted by molar-refractivity contribution is 0.0702. The molecule has 0 saturated carbocycles. The number of hydrogen-bond acceptors (Lipinski definition) is 4. The van der Waals surface area contributed by atoms with Gasteiger partial charge in [0.15, 0.2) is 9.84 Å². The molecule has 0 aliphatic rings. The molecule has 0 spiro atoms. The maximum Gasteiger partial charge on any atom is 0.254 e. The molecule has 0 radical (unpaired) electrons. The van der Waals surface area contributed by atoms with Gasteiger partial charge in [-0.25, -0.2) is 8.42 Å². The third-order valence-corrected chi connectivity index (χ3v) is 5.25. The minimum Gasteiger partial charge on any atom is -0.332 e. The first kappa shape index (κ1) is 18.7. The number of sulfone groups is 1. The van der Waals surface area contributed by atoms with Crippen LogP contribution in [0, 0.1) is 11.3 Å². The van der Waals surface area contributed by atoms with E-state index >= 15 is 0 Å². The van der Waals surface area contributed by atoms with Crippen molar-refractivity contribution in [3.05, 3.63) is 65.2 Å². The van der Waals surface area contributed by atoms with Crippen molar-refractivity contribution in [2.24, 2.45) is 0 Å². The largest absolute Gasteiger partial charge is 0.332 e. The summed E-state index contributed by atoms with van der Waals surface area (Å²) in [5.41, 5.74) is 1.94. The molecule has 6 heteroatoms. The average Bonchev–Trinajstić information content (AvgIpc) is 2.61. The molecule has 0 fully saturated rings. The van der Waals surface area contributed by atoms with Gasteiger partial charge in [-0.05, 0) is 55.8 Å². The number of hydrogen-bond donors (Lipinski definition) is 0. The van der Waals surface area contributed by atoms with E-state index in [0.29, 0.717) is 17.7 Å². The van der Waals surface area contributed by atoms with Gasteiger partial charge < -0.3 is 4.90 Å². The Morgan fingerprint density at radius 2 is 1.68 bits per heavy atom. The van der Waals surface area contributed by atoms with Crippen molar-refractivity contribution in [3.8, 4) is 6.07 Å². The molecule has 5 nitrogen and oxygen atoms in total. The first-order valence-electron chi connectivity index (χ1n) is 7.89. The van der Waals surface area contributed by atoms with Gasteiger partial charge in [0, 0.05) is 18.4 Å². The zero-order valence-corrected chi connectivity index (χ0v) is 15.2. The summed E-state index contributed by atoms with van der Waals surface area (Å²) in [6, 6.07) is 15.0. The van der Waals surface area contributed by atoms with Gasteiger partial charge in [0.05, 0.1) is 22.6 Å². The third-order valence-electron chi connectivity index (χ3n) is 4.12. The molecular weight excluding hydrogens is 336 g/mol. The number of nitrogens with zero attached hydrogens (tertiary/aromatic N) is 2. The zero-order valence-electron chi connectivity index (χ0n) is 14.4. The predicted molar refractivity (Wildman–Crippen MR) is 95.8 cm³/mol. The van der Waals surface area contributed by atoms with E-state index in [1.165, 1.54) is 24.3 Å². The number of rotatable bonds is 5. The van der Waals surface area contributed by atoms with Gasteiger partial charge in [0.2, 0.25) is 0 Å². The van der Waals surface area contributed by atoms with Crippen LogP contribution in [-0.2, 0) is 9.84 Å². The monoisotopic (exact) mass is 356 g/mol. The molecule has 25 heavy (non-hydrogen) atoms. The highest BCUT2D eigenvalue weighted by atomic mass is 32.2. The average molecular weight is 356 g/mol. The van der Waals surface area contributed by atoms with Gasteiger partial charge in [-0.15, -0.1) is 0 Å².